The molecule has 0 bridgehead atoms. The van der Waals surface area contributed by atoms with Crippen LogP contribution in [-0.2, 0) is 19.4 Å². The summed E-state index contributed by atoms with van der Waals surface area (Å²) in [6, 6.07) is 15.2. The summed E-state index contributed by atoms with van der Waals surface area (Å²) in [6.45, 7) is 0.864. The third-order valence-electron chi connectivity index (χ3n) is 7.04. The van der Waals surface area contributed by atoms with Crippen LogP contribution in [-0.4, -0.2) is 35.1 Å². The van der Waals surface area contributed by atoms with E-state index in [0.717, 1.165) is 6.54 Å². The maximum absolute atomic E-state index is 11.0. The van der Waals surface area contributed by atoms with Crippen LogP contribution in [0.3, 0.4) is 0 Å². The normalized spacial score (nSPS) is 20.8. The summed E-state index contributed by atoms with van der Waals surface area (Å²) in [4.78, 5) is 15.1. The minimum absolute atomic E-state index is 0.351. The highest BCUT2D eigenvalue weighted by Crippen LogP contribution is 2.41. The zero-order valence-electron chi connectivity index (χ0n) is 18.1. The van der Waals surface area contributed by atoms with Gasteiger partial charge in [-0.25, -0.2) is 4.79 Å². The number of carboxylic acids is 1. The summed E-state index contributed by atoms with van der Waals surface area (Å²) >= 11 is 1.99. The molecule has 0 aliphatic heterocycles. The number of rotatable bonds is 6. The molecule has 2 aromatic carbocycles. The van der Waals surface area contributed by atoms with E-state index in [-0.39, 0.29) is 0 Å². The van der Waals surface area contributed by atoms with E-state index < -0.39 is 5.97 Å². The van der Waals surface area contributed by atoms with Gasteiger partial charge in [-0.2, -0.15) is 0 Å². The number of carbonyl (C=O) groups is 1. The number of hydrogen-bond donors (Lipinski definition) is 2. The Morgan fingerprint density at radius 2 is 1.87 bits per heavy atom. The molecule has 2 aliphatic rings. The molecule has 1 aromatic heterocycles. The van der Waals surface area contributed by atoms with Gasteiger partial charge in [0.2, 0.25) is 0 Å². The van der Waals surface area contributed by atoms with Gasteiger partial charge >= 0.3 is 5.97 Å². The number of nitrogens with zero attached hydrogens (tertiary/aromatic N) is 1. The average molecular weight is 435 g/mol. The number of aryl methyl sites for hydroxylation is 2. The Morgan fingerprint density at radius 1 is 1.10 bits per heavy atom. The maximum Gasteiger partial charge on any atom is 0.335 e. The maximum atomic E-state index is 11.0. The Bertz CT molecular complexity index is 1080. The highest BCUT2D eigenvalue weighted by atomic mass is 32.1. The van der Waals surface area contributed by atoms with Crippen LogP contribution in [0.1, 0.15) is 58.5 Å². The monoisotopic (exact) mass is 434 g/mol. The quantitative estimate of drug-likeness (QED) is 0.504. The first-order valence-corrected chi connectivity index (χ1v) is 12.2. The lowest BCUT2D eigenvalue weighted by Gasteiger charge is -2.35. The number of fused-ring (bicyclic) bond motifs is 3. The summed E-state index contributed by atoms with van der Waals surface area (Å²) in [6.07, 6.45) is 8.56. The van der Waals surface area contributed by atoms with E-state index in [0.29, 0.717) is 17.6 Å². The summed E-state index contributed by atoms with van der Waals surface area (Å²) < 4.78 is 1.44. The first-order valence-electron chi connectivity index (χ1n) is 11.4. The molecule has 1 saturated carbocycles. The van der Waals surface area contributed by atoms with Crippen LogP contribution in [0.15, 0.2) is 42.5 Å². The Balaban J connectivity index is 1.19. The van der Waals surface area contributed by atoms with Gasteiger partial charge in [-0.1, -0.05) is 18.2 Å². The fraction of sp³-hybridized carbons (Fsp3) is 0.423. The van der Waals surface area contributed by atoms with Crippen LogP contribution in [0.25, 0.3) is 10.1 Å². The molecule has 0 amide bonds. The number of aromatic carboxylic acids is 1. The van der Waals surface area contributed by atoms with Crippen LogP contribution in [0.4, 0.5) is 5.69 Å². The average Bonchev–Trinajstić information content (AvgIpc) is 3.36. The van der Waals surface area contributed by atoms with Gasteiger partial charge in [-0.05, 0) is 87.4 Å². The third-order valence-corrected chi connectivity index (χ3v) is 8.30. The molecule has 0 unspecified atom stereocenters. The fourth-order valence-corrected chi connectivity index (χ4v) is 6.65. The second-order valence-electron chi connectivity index (χ2n) is 9.10. The molecule has 0 radical (unpaired) electrons. The molecule has 2 N–H and O–H groups in total. The van der Waals surface area contributed by atoms with Gasteiger partial charge < -0.3 is 10.4 Å². The van der Waals surface area contributed by atoms with E-state index >= 15 is 0 Å². The summed E-state index contributed by atoms with van der Waals surface area (Å²) in [7, 11) is 2.19. The molecule has 2 aliphatic carbocycles. The third kappa shape index (κ3) is 4.21. The molecule has 4 nitrogen and oxygen atoms in total. The molecule has 0 spiro atoms. The molecular formula is C26H30N2O2S. The van der Waals surface area contributed by atoms with Crippen molar-refractivity contribution in [3.63, 3.8) is 0 Å². The van der Waals surface area contributed by atoms with Gasteiger partial charge in [0.05, 0.1) is 5.56 Å². The Labute approximate surface area is 187 Å². The van der Waals surface area contributed by atoms with Crippen LogP contribution in [0.2, 0.25) is 0 Å². The zero-order chi connectivity index (χ0) is 21.4. The van der Waals surface area contributed by atoms with E-state index in [2.05, 4.69) is 35.5 Å². The lowest BCUT2D eigenvalue weighted by atomic mass is 9.89. The van der Waals surface area contributed by atoms with Crippen LogP contribution in [0.5, 0.6) is 0 Å². The van der Waals surface area contributed by atoms with Crippen molar-refractivity contribution in [3.8, 4) is 0 Å². The van der Waals surface area contributed by atoms with E-state index in [1.807, 2.05) is 23.5 Å². The summed E-state index contributed by atoms with van der Waals surface area (Å²) in [5, 5.41) is 14.5. The smallest absolute Gasteiger partial charge is 0.335 e. The standard InChI is InChI=1S/C26H30N2O2S/c1-28(16-17-8-10-18(11-9-17)26(29)30)20-14-12-19(13-15-20)27-22-5-3-7-24-25(22)21-4-2-6-23(21)31-24/h3,5,7-11,19-20,27H,2,4,6,12-16H2,1H3,(H,29,30). The number of anilines is 1. The molecular weight excluding hydrogens is 404 g/mol. The predicted octanol–water partition coefficient (Wildman–Crippen LogP) is 5.94. The van der Waals surface area contributed by atoms with Crippen molar-refractivity contribution in [1.82, 2.24) is 4.90 Å². The highest BCUT2D eigenvalue weighted by Gasteiger charge is 2.25. The van der Waals surface area contributed by atoms with Gasteiger partial charge in [0.15, 0.2) is 0 Å². The molecule has 162 valence electrons. The molecule has 3 aromatic rings. The lowest BCUT2D eigenvalue weighted by molar-refractivity contribution is 0.0697. The molecule has 31 heavy (non-hydrogen) atoms. The van der Waals surface area contributed by atoms with Gasteiger partial charge in [0.1, 0.15) is 0 Å². The van der Waals surface area contributed by atoms with Crippen LogP contribution < -0.4 is 5.32 Å². The number of thiophene rings is 1. The molecule has 0 saturated heterocycles. The Kier molecular flexibility index (Phi) is 5.72. The summed E-state index contributed by atoms with van der Waals surface area (Å²) in [5.74, 6) is -0.867. The van der Waals surface area contributed by atoms with Gasteiger partial charge in [0.25, 0.3) is 0 Å². The van der Waals surface area contributed by atoms with E-state index in [4.69, 9.17) is 5.11 Å². The van der Waals surface area contributed by atoms with Gasteiger partial charge in [-0.3, -0.25) is 4.90 Å². The Hall–Kier alpha value is -2.37. The van der Waals surface area contributed by atoms with Crippen molar-refractivity contribution >= 4 is 33.1 Å². The zero-order valence-corrected chi connectivity index (χ0v) is 18.9. The van der Waals surface area contributed by atoms with Crippen molar-refractivity contribution in [1.29, 1.82) is 0 Å². The van der Waals surface area contributed by atoms with Crippen LogP contribution >= 0.6 is 11.3 Å². The van der Waals surface area contributed by atoms with Crippen molar-refractivity contribution in [2.75, 3.05) is 12.4 Å². The van der Waals surface area contributed by atoms with Crippen molar-refractivity contribution in [2.24, 2.45) is 0 Å². The highest BCUT2D eigenvalue weighted by molar-refractivity contribution is 7.19. The first-order chi connectivity index (χ1) is 15.1. The summed E-state index contributed by atoms with van der Waals surface area (Å²) in [5.41, 5.74) is 4.47. The second kappa shape index (κ2) is 8.64. The minimum Gasteiger partial charge on any atom is -0.478 e. The van der Waals surface area contributed by atoms with Gasteiger partial charge in [-0.15, -0.1) is 11.3 Å². The topological polar surface area (TPSA) is 52.6 Å². The van der Waals surface area contributed by atoms with Crippen molar-refractivity contribution in [3.05, 3.63) is 64.0 Å². The molecule has 1 fully saturated rings. The lowest BCUT2D eigenvalue weighted by Crippen LogP contribution is -2.38. The largest absolute Gasteiger partial charge is 0.478 e. The van der Waals surface area contributed by atoms with Crippen molar-refractivity contribution < 1.29 is 9.90 Å². The molecule has 1 heterocycles. The molecule has 5 rings (SSSR count). The SMILES string of the molecule is CN(Cc1ccc(C(=O)O)cc1)C1CCC(Nc2cccc3sc4c(c23)CCC4)CC1. The number of carboxylic acid groups (broad SMARTS) is 1. The van der Waals surface area contributed by atoms with Crippen LogP contribution in [0, 0.1) is 0 Å². The molecule has 5 heteroatoms. The minimum atomic E-state index is -0.867. The van der Waals surface area contributed by atoms with Crippen molar-refractivity contribution in [2.45, 2.75) is 63.6 Å². The fourth-order valence-electron chi connectivity index (χ4n) is 5.32. The van der Waals surface area contributed by atoms with E-state index in [1.54, 1.807) is 22.6 Å². The number of benzene rings is 2. The Morgan fingerprint density at radius 3 is 2.61 bits per heavy atom. The predicted molar refractivity (Wildman–Crippen MR) is 128 cm³/mol. The van der Waals surface area contributed by atoms with E-state index in [1.165, 1.54) is 66.3 Å². The second-order valence-corrected chi connectivity index (χ2v) is 10.2. The number of hydrogen-bond acceptors (Lipinski definition) is 4. The number of nitrogens with one attached hydrogen (secondary N) is 1. The molecule has 0 atom stereocenters. The first kappa shape index (κ1) is 20.5. The van der Waals surface area contributed by atoms with E-state index in [9.17, 15) is 4.79 Å². The van der Waals surface area contributed by atoms with Gasteiger partial charge in [0, 0.05) is 39.3 Å².